The molecule has 0 atom stereocenters. The Kier molecular flexibility index (Phi) is 3.54. The fourth-order valence-corrected chi connectivity index (χ4v) is 1.68. The van der Waals surface area contributed by atoms with Crippen molar-refractivity contribution in [2.45, 2.75) is 32.6 Å². The molecule has 1 aromatic rings. The van der Waals surface area contributed by atoms with Crippen molar-refractivity contribution in [1.29, 1.82) is 0 Å². The van der Waals surface area contributed by atoms with Gasteiger partial charge in [-0.25, -0.2) is 0 Å². The smallest absolute Gasteiger partial charge is 0.186 e. The molecule has 0 saturated carbocycles. The predicted octanol–water partition coefficient (Wildman–Crippen LogP) is 2.24. The van der Waals surface area contributed by atoms with Gasteiger partial charge in [0.2, 0.25) is 0 Å². The van der Waals surface area contributed by atoms with E-state index in [1.54, 1.807) is 13.1 Å². The molecule has 0 aliphatic heterocycles. The van der Waals surface area contributed by atoms with E-state index in [1.165, 1.54) is 11.8 Å². The minimum absolute atomic E-state index is 0.150. The summed E-state index contributed by atoms with van der Waals surface area (Å²) in [5.41, 5.74) is 1.11. The van der Waals surface area contributed by atoms with Crippen LogP contribution < -0.4 is 0 Å². The molecule has 1 rings (SSSR count). The van der Waals surface area contributed by atoms with Gasteiger partial charge < -0.3 is 0 Å². The lowest BCUT2D eigenvalue weighted by atomic mass is 10.4. The first-order valence-electron chi connectivity index (χ1n) is 4.27. The molecule has 0 aliphatic rings. The molecule has 0 aliphatic carbocycles. The first-order chi connectivity index (χ1) is 6.11. The maximum Gasteiger partial charge on any atom is 0.186 e. The van der Waals surface area contributed by atoms with Crippen LogP contribution in [0.1, 0.15) is 32.5 Å². The van der Waals surface area contributed by atoms with E-state index in [9.17, 15) is 4.79 Å². The second-order valence-corrected chi connectivity index (χ2v) is 4.29. The average molecular weight is 198 g/mol. The van der Waals surface area contributed by atoms with E-state index < -0.39 is 0 Å². The van der Waals surface area contributed by atoms with Crippen molar-refractivity contribution in [3.63, 3.8) is 0 Å². The minimum Gasteiger partial charge on any atom is -0.288 e. The van der Waals surface area contributed by atoms with Gasteiger partial charge in [-0.05, 0) is 19.9 Å². The third-order valence-electron chi connectivity index (χ3n) is 1.66. The Balaban J connectivity index is 2.65. The summed E-state index contributed by atoms with van der Waals surface area (Å²) in [6, 6.07) is 2.31. The molecule has 4 heteroatoms. The highest BCUT2D eigenvalue weighted by Gasteiger charge is 2.06. The zero-order chi connectivity index (χ0) is 9.84. The summed E-state index contributed by atoms with van der Waals surface area (Å²) < 4.78 is 1.94. The summed E-state index contributed by atoms with van der Waals surface area (Å²) >= 11 is 1.32. The van der Waals surface area contributed by atoms with Gasteiger partial charge in [0.1, 0.15) is 0 Å². The fourth-order valence-electron chi connectivity index (χ4n) is 1.10. The van der Waals surface area contributed by atoms with Crippen molar-refractivity contribution in [2.24, 2.45) is 0 Å². The van der Waals surface area contributed by atoms with E-state index in [0.29, 0.717) is 11.8 Å². The molecule has 0 N–H and O–H groups in total. The Morgan fingerprint density at radius 2 is 2.38 bits per heavy atom. The number of hydrogen-bond acceptors (Lipinski definition) is 3. The van der Waals surface area contributed by atoms with Crippen LogP contribution in [0.3, 0.4) is 0 Å². The Labute approximate surface area is 82.5 Å². The van der Waals surface area contributed by atoms with Gasteiger partial charge in [-0.3, -0.25) is 9.48 Å². The van der Waals surface area contributed by atoms with Crippen LogP contribution in [0.15, 0.2) is 12.3 Å². The van der Waals surface area contributed by atoms with E-state index >= 15 is 0 Å². The maximum absolute atomic E-state index is 10.8. The van der Waals surface area contributed by atoms with E-state index in [4.69, 9.17) is 0 Å². The van der Waals surface area contributed by atoms with Crippen LogP contribution in [0.25, 0.3) is 0 Å². The Bertz CT molecular complexity index is 294. The monoisotopic (exact) mass is 198 g/mol. The third-order valence-corrected chi connectivity index (χ3v) is 2.51. The molecule has 0 fully saturated rings. The van der Waals surface area contributed by atoms with Gasteiger partial charge in [0, 0.05) is 30.6 Å². The summed E-state index contributed by atoms with van der Waals surface area (Å²) in [4.78, 5) is 10.8. The van der Waals surface area contributed by atoms with E-state index in [0.717, 1.165) is 5.69 Å². The van der Waals surface area contributed by atoms with Crippen molar-refractivity contribution in [1.82, 2.24) is 9.78 Å². The summed E-state index contributed by atoms with van der Waals surface area (Å²) in [5, 5.41) is 4.34. The molecular formula is C9H14N2OS. The maximum atomic E-state index is 10.8. The highest BCUT2D eigenvalue weighted by atomic mass is 32.2. The standard InChI is InChI=1S/C9H14N2OS/c1-7(2)11-9(4-5-10-11)6-13-8(3)12/h4-5,7H,6H2,1-3H3. The first-order valence-corrected chi connectivity index (χ1v) is 5.25. The highest BCUT2D eigenvalue weighted by Crippen LogP contribution is 2.15. The second kappa shape index (κ2) is 4.46. The van der Waals surface area contributed by atoms with Crippen LogP contribution in [0.5, 0.6) is 0 Å². The molecule has 72 valence electrons. The molecule has 13 heavy (non-hydrogen) atoms. The van der Waals surface area contributed by atoms with Crippen LogP contribution in [-0.4, -0.2) is 14.9 Å². The topological polar surface area (TPSA) is 34.9 Å². The SMILES string of the molecule is CC(=O)SCc1ccnn1C(C)C. The summed E-state index contributed by atoms with van der Waals surface area (Å²) in [6.07, 6.45) is 1.77. The van der Waals surface area contributed by atoms with Crippen LogP contribution in [0.2, 0.25) is 0 Å². The average Bonchev–Trinajstić information content (AvgIpc) is 2.47. The Morgan fingerprint density at radius 3 is 2.92 bits per heavy atom. The fraction of sp³-hybridized carbons (Fsp3) is 0.556. The van der Waals surface area contributed by atoms with Gasteiger partial charge >= 0.3 is 0 Å². The highest BCUT2D eigenvalue weighted by molar-refractivity contribution is 8.12. The number of hydrogen-bond donors (Lipinski definition) is 0. The second-order valence-electron chi connectivity index (χ2n) is 3.14. The van der Waals surface area contributed by atoms with Crippen LogP contribution in [-0.2, 0) is 10.5 Å². The molecule has 0 aromatic carbocycles. The largest absolute Gasteiger partial charge is 0.288 e. The van der Waals surface area contributed by atoms with Gasteiger partial charge in [0.15, 0.2) is 5.12 Å². The molecular weight excluding hydrogens is 184 g/mol. The van der Waals surface area contributed by atoms with Crippen LogP contribution >= 0.6 is 11.8 Å². The molecule has 0 saturated heterocycles. The predicted molar refractivity (Wildman–Crippen MR) is 54.6 cm³/mol. The van der Waals surface area contributed by atoms with Gasteiger partial charge in [-0.1, -0.05) is 11.8 Å². The lowest BCUT2D eigenvalue weighted by Crippen LogP contribution is -2.06. The number of thioether (sulfide) groups is 1. The lowest BCUT2D eigenvalue weighted by molar-refractivity contribution is -0.109. The molecule has 1 heterocycles. The normalized spacial score (nSPS) is 10.8. The zero-order valence-corrected chi connectivity index (χ0v) is 8.97. The number of carbonyl (C=O) groups is 1. The molecule has 1 aromatic heterocycles. The lowest BCUT2D eigenvalue weighted by Gasteiger charge is -2.09. The summed E-state index contributed by atoms with van der Waals surface area (Å²) in [5.74, 6) is 0.716. The molecule has 0 amide bonds. The number of rotatable bonds is 3. The van der Waals surface area contributed by atoms with Crippen molar-refractivity contribution < 1.29 is 4.79 Å². The van der Waals surface area contributed by atoms with Crippen molar-refractivity contribution in [2.75, 3.05) is 0 Å². The summed E-state index contributed by atoms with van der Waals surface area (Å²) in [7, 11) is 0. The molecule has 0 spiro atoms. The van der Waals surface area contributed by atoms with Gasteiger partial charge in [-0.15, -0.1) is 0 Å². The Morgan fingerprint density at radius 1 is 1.69 bits per heavy atom. The quantitative estimate of drug-likeness (QED) is 0.747. The van der Waals surface area contributed by atoms with Gasteiger partial charge in [0.25, 0.3) is 0 Å². The molecule has 3 nitrogen and oxygen atoms in total. The van der Waals surface area contributed by atoms with Gasteiger partial charge in [0.05, 0.1) is 0 Å². The summed E-state index contributed by atoms with van der Waals surface area (Å²) in [6.45, 7) is 5.74. The molecule has 0 unspecified atom stereocenters. The van der Waals surface area contributed by atoms with Crippen LogP contribution in [0.4, 0.5) is 0 Å². The number of aromatic nitrogens is 2. The third kappa shape index (κ3) is 2.88. The van der Waals surface area contributed by atoms with E-state index in [2.05, 4.69) is 18.9 Å². The minimum atomic E-state index is 0.150. The molecule has 0 radical (unpaired) electrons. The van der Waals surface area contributed by atoms with E-state index in [-0.39, 0.29) is 5.12 Å². The number of nitrogens with zero attached hydrogens (tertiary/aromatic N) is 2. The van der Waals surface area contributed by atoms with E-state index in [1.807, 2.05) is 10.7 Å². The van der Waals surface area contributed by atoms with Crippen molar-refractivity contribution >= 4 is 16.9 Å². The zero-order valence-electron chi connectivity index (χ0n) is 8.15. The van der Waals surface area contributed by atoms with Crippen molar-refractivity contribution in [3.05, 3.63) is 18.0 Å². The van der Waals surface area contributed by atoms with Crippen molar-refractivity contribution in [3.8, 4) is 0 Å². The first kappa shape index (κ1) is 10.3. The number of carbonyl (C=O) groups excluding carboxylic acids is 1. The van der Waals surface area contributed by atoms with Gasteiger partial charge in [-0.2, -0.15) is 5.10 Å². The van der Waals surface area contributed by atoms with Crippen LogP contribution in [0, 0.1) is 0 Å². The molecule has 0 bridgehead atoms. The Hall–Kier alpha value is -0.770.